The van der Waals surface area contributed by atoms with Crippen LogP contribution in [0.4, 0.5) is 17.1 Å². The Balaban J connectivity index is 2.31. The van der Waals surface area contributed by atoms with E-state index < -0.39 is 0 Å². The molecule has 21 heavy (non-hydrogen) atoms. The lowest BCUT2D eigenvalue weighted by Crippen LogP contribution is -2.10. The minimum Gasteiger partial charge on any atom is -0.380 e. The van der Waals surface area contributed by atoms with Gasteiger partial charge in [-0.2, -0.15) is 0 Å². The van der Waals surface area contributed by atoms with E-state index in [0.717, 1.165) is 5.56 Å². The Labute approximate surface area is 123 Å². The van der Waals surface area contributed by atoms with Crippen molar-refractivity contribution in [3.63, 3.8) is 0 Å². The SMILES string of the molecule is CCNc1cccc(NC(C)c2ccncc2)c1[N+](=O)[O-]. The molecular formula is C15H18N4O2. The molecule has 0 aliphatic rings. The maximum atomic E-state index is 11.4. The summed E-state index contributed by atoms with van der Waals surface area (Å²) in [4.78, 5) is 15.0. The van der Waals surface area contributed by atoms with Gasteiger partial charge in [-0.1, -0.05) is 6.07 Å². The number of benzene rings is 1. The Bertz CT molecular complexity index is 616. The van der Waals surface area contributed by atoms with Crippen LogP contribution < -0.4 is 10.6 Å². The first-order chi connectivity index (χ1) is 10.1. The third-order valence-electron chi connectivity index (χ3n) is 3.16. The summed E-state index contributed by atoms with van der Waals surface area (Å²) in [5, 5.41) is 17.6. The predicted molar refractivity (Wildman–Crippen MR) is 83.5 cm³/mol. The molecule has 1 aromatic carbocycles. The van der Waals surface area contributed by atoms with Crippen LogP contribution in [0, 0.1) is 10.1 Å². The molecule has 0 bridgehead atoms. The Morgan fingerprint density at radius 3 is 2.52 bits per heavy atom. The van der Waals surface area contributed by atoms with Crippen molar-refractivity contribution in [3.05, 3.63) is 58.4 Å². The van der Waals surface area contributed by atoms with Gasteiger partial charge in [0, 0.05) is 25.0 Å². The summed E-state index contributed by atoms with van der Waals surface area (Å²) in [5.41, 5.74) is 2.12. The summed E-state index contributed by atoms with van der Waals surface area (Å²) in [5.74, 6) is 0. The fraction of sp³-hybridized carbons (Fsp3) is 0.267. The Morgan fingerprint density at radius 2 is 1.90 bits per heavy atom. The molecule has 0 aliphatic carbocycles. The third kappa shape index (κ3) is 3.47. The van der Waals surface area contributed by atoms with E-state index in [1.54, 1.807) is 30.6 Å². The zero-order chi connectivity index (χ0) is 15.2. The molecule has 0 radical (unpaired) electrons. The Kier molecular flexibility index (Phi) is 4.71. The van der Waals surface area contributed by atoms with Gasteiger partial charge in [-0.3, -0.25) is 15.1 Å². The van der Waals surface area contributed by atoms with Crippen LogP contribution in [-0.4, -0.2) is 16.5 Å². The van der Waals surface area contributed by atoms with E-state index in [0.29, 0.717) is 17.9 Å². The molecular weight excluding hydrogens is 268 g/mol. The number of hydrogen-bond acceptors (Lipinski definition) is 5. The van der Waals surface area contributed by atoms with Crippen LogP contribution in [0.5, 0.6) is 0 Å². The third-order valence-corrected chi connectivity index (χ3v) is 3.16. The maximum Gasteiger partial charge on any atom is 0.315 e. The number of para-hydroxylation sites is 1. The highest BCUT2D eigenvalue weighted by Gasteiger charge is 2.20. The first-order valence-corrected chi connectivity index (χ1v) is 6.81. The van der Waals surface area contributed by atoms with Crippen LogP contribution in [0.1, 0.15) is 25.5 Å². The van der Waals surface area contributed by atoms with Crippen molar-refractivity contribution < 1.29 is 4.92 Å². The smallest absolute Gasteiger partial charge is 0.315 e. The van der Waals surface area contributed by atoms with Gasteiger partial charge < -0.3 is 10.6 Å². The predicted octanol–water partition coefficient (Wildman–Crippen LogP) is 3.59. The second kappa shape index (κ2) is 6.69. The summed E-state index contributed by atoms with van der Waals surface area (Å²) in [7, 11) is 0. The highest BCUT2D eigenvalue weighted by atomic mass is 16.6. The van der Waals surface area contributed by atoms with Gasteiger partial charge >= 0.3 is 5.69 Å². The second-order valence-corrected chi connectivity index (χ2v) is 4.64. The summed E-state index contributed by atoms with van der Waals surface area (Å²) >= 11 is 0. The average molecular weight is 286 g/mol. The minimum absolute atomic E-state index is 0.0522. The molecule has 2 rings (SSSR count). The Hall–Kier alpha value is -2.63. The van der Waals surface area contributed by atoms with E-state index in [-0.39, 0.29) is 16.7 Å². The van der Waals surface area contributed by atoms with Crippen LogP contribution in [0.25, 0.3) is 0 Å². The van der Waals surface area contributed by atoms with Gasteiger partial charge in [-0.05, 0) is 43.7 Å². The molecule has 0 amide bonds. The number of nitro groups is 1. The normalized spacial score (nSPS) is 11.7. The minimum atomic E-state index is -0.362. The summed E-state index contributed by atoms with van der Waals surface area (Å²) < 4.78 is 0. The van der Waals surface area contributed by atoms with E-state index in [4.69, 9.17) is 0 Å². The quantitative estimate of drug-likeness (QED) is 0.626. The molecule has 6 nitrogen and oxygen atoms in total. The van der Waals surface area contributed by atoms with E-state index in [2.05, 4.69) is 15.6 Å². The molecule has 0 spiro atoms. The molecule has 0 fully saturated rings. The second-order valence-electron chi connectivity index (χ2n) is 4.64. The lowest BCUT2D eigenvalue weighted by molar-refractivity contribution is -0.383. The molecule has 1 heterocycles. The molecule has 0 saturated carbocycles. The van der Waals surface area contributed by atoms with Crippen molar-refractivity contribution in [1.82, 2.24) is 4.98 Å². The van der Waals surface area contributed by atoms with Crippen LogP contribution in [0.2, 0.25) is 0 Å². The standard InChI is InChI=1S/C15H18N4O2/c1-3-17-13-5-4-6-14(15(13)19(20)21)18-11(2)12-7-9-16-10-8-12/h4-11,17-18H,3H2,1-2H3. The van der Waals surface area contributed by atoms with Gasteiger partial charge in [-0.25, -0.2) is 0 Å². The molecule has 1 aromatic heterocycles. The molecule has 1 unspecified atom stereocenters. The lowest BCUT2D eigenvalue weighted by atomic mass is 10.1. The molecule has 1 atom stereocenters. The van der Waals surface area contributed by atoms with Crippen LogP contribution in [0.3, 0.4) is 0 Å². The van der Waals surface area contributed by atoms with Crippen molar-refractivity contribution in [1.29, 1.82) is 0 Å². The van der Waals surface area contributed by atoms with Gasteiger partial charge in [-0.15, -0.1) is 0 Å². The van der Waals surface area contributed by atoms with E-state index >= 15 is 0 Å². The largest absolute Gasteiger partial charge is 0.380 e. The maximum absolute atomic E-state index is 11.4. The lowest BCUT2D eigenvalue weighted by Gasteiger charge is -2.16. The van der Waals surface area contributed by atoms with Gasteiger partial charge in [0.2, 0.25) is 0 Å². The van der Waals surface area contributed by atoms with E-state index in [9.17, 15) is 10.1 Å². The zero-order valence-corrected chi connectivity index (χ0v) is 12.0. The van der Waals surface area contributed by atoms with Crippen LogP contribution >= 0.6 is 0 Å². The van der Waals surface area contributed by atoms with Crippen molar-refractivity contribution in [3.8, 4) is 0 Å². The van der Waals surface area contributed by atoms with Crippen molar-refractivity contribution >= 4 is 17.1 Å². The number of nitro benzene ring substituents is 1. The average Bonchev–Trinajstić information content (AvgIpc) is 2.48. The first kappa shape index (κ1) is 14.8. The number of nitrogens with one attached hydrogen (secondary N) is 2. The van der Waals surface area contributed by atoms with Crippen LogP contribution in [-0.2, 0) is 0 Å². The highest BCUT2D eigenvalue weighted by Crippen LogP contribution is 2.34. The summed E-state index contributed by atoms with van der Waals surface area (Å²) in [6.45, 7) is 4.49. The van der Waals surface area contributed by atoms with Gasteiger partial charge in [0.05, 0.1) is 4.92 Å². The fourth-order valence-electron chi connectivity index (χ4n) is 2.16. The topological polar surface area (TPSA) is 80.1 Å². The van der Waals surface area contributed by atoms with Gasteiger partial charge in [0.15, 0.2) is 0 Å². The summed E-state index contributed by atoms with van der Waals surface area (Å²) in [6, 6.07) is 8.95. The summed E-state index contributed by atoms with van der Waals surface area (Å²) in [6.07, 6.45) is 3.41. The highest BCUT2D eigenvalue weighted by molar-refractivity contribution is 5.76. The molecule has 110 valence electrons. The number of nitrogens with zero attached hydrogens (tertiary/aromatic N) is 2. The Morgan fingerprint density at radius 1 is 1.24 bits per heavy atom. The number of pyridine rings is 1. The number of aromatic nitrogens is 1. The fourth-order valence-corrected chi connectivity index (χ4v) is 2.16. The first-order valence-electron chi connectivity index (χ1n) is 6.81. The van der Waals surface area contributed by atoms with Gasteiger partial charge in [0.25, 0.3) is 0 Å². The molecule has 0 aliphatic heterocycles. The molecule has 2 N–H and O–H groups in total. The molecule has 0 saturated heterocycles. The molecule has 6 heteroatoms. The number of anilines is 2. The van der Waals surface area contributed by atoms with Crippen molar-refractivity contribution in [2.24, 2.45) is 0 Å². The monoisotopic (exact) mass is 286 g/mol. The van der Waals surface area contributed by atoms with E-state index in [1.807, 2.05) is 26.0 Å². The number of rotatable bonds is 6. The van der Waals surface area contributed by atoms with Crippen LogP contribution in [0.15, 0.2) is 42.7 Å². The number of hydrogen-bond donors (Lipinski definition) is 2. The van der Waals surface area contributed by atoms with Crippen molar-refractivity contribution in [2.75, 3.05) is 17.2 Å². The van der Waals surface area contributed by atoms with Crippen molar-refractivity contribution in [2.45, 2.75) is 19.9 Å². The van der Waals surface area contributed by atoms with Gasteiger partial charge in [0.1, 0.15) is 11.4 Å². The van der Waals surface area contributed by atoms with E-state index in [1.165, 1.54) is 0 Å². The zero-order valence-electron chi connectivity index (χ0n) is 12.0. The molecule has 2 aromatic rings.